The number of methoxy groups -OCH3 is 1. The molecule has 3 atom stereocenters. The third-order valence-corrected chi connectivity index (χ3v) is 5.25. The van der Waals surface area contributed by atoms with Crippen LogP contribution in [-0.2, 0) is 33.4 Å². The molecule has 8 nitrogen and oxygen atoms in total. The van der Waals surface area contributed by atoms with E-state index < -0.39 is 53.2 Å². The highest BCUT2D eigenvalue weighted by Crippen LogP contribution is 2.27. The van der Waals surface area contributed by atoms with Crippen LogP contribution in [0.2, 0.25) is 0 Å². The van der Waals surface area contributed by atoms with Gasteiger partial charge in [-0.05, 0) is 18.6 Å². The minimum absolute atomic E-state index is 0.00874. The van der Waals surface area contributed by atoms with Gasteiger partial charge < -0.3 is 14.8 Å². The van der Waals surface area contributed by atoms with E-state index in [0.717, 1.165) is 13.5 Å². The molecule has 0 saturated heterocycles. The molecule has 1 fully saturated rings. The van der Waals surface area contributed by atoms with Gasteiger partial charge in [0.05, 0.1) is 18.8 Å². The zero-order chi connectivity index (χ0) is 20.4. The van der Waals surface area contributed by atoms with Crippen LogP contribution in [0.1, 0.15) is 39.0 Å². The number of thioether (sulfide) groups is 1. The van der Waals surface area contributed by atoms with Crippen LogP contribution in [0.25, 0.3) is 0 Å². The van der Waals surface area contributed by atoms with E-state index in [1.807, 2.05) is 6.92 Å². The van der Waals surface area contributed by atoms with Crippen molar-refractivity contribution in [1.29, 1.82) is 0 Å². The summed E-state index contributed by atoms with van der Waals surface area (Å²) in [6.45, 7) is 5.46. The smallest absolute Gasteiger partial charge is 0.330 e. The Kier molecular flexibility index (Phi) is 9.77. The number of Topliss-reactive ketones (excluding diaryl/α,β-unsaturated/α-hetero) is 2. The van der Waals surface area contributed by atoms with E-state index in [1.165, 1.54) is 17.8 Å². The van der Waals surface area contributed by atoms with Crippen LogP contribution in [-0.4, -0.2) is 59.7 Å². The first-order valence-corrected chi connectivity index (χ1v) is 9.74. The van der Waals surface area contributed by atoms with E-state index in [-0.39, 0.29) is 12.8 Å². The summed E-state index contributed by atoms with van der Waals surface area (Å²) in [5.74, 6) is -2.45. The molecule has 0 aromatic carbocycles. The van der Waals surface area contributed by atoms with Crippen molar-refractivity contribution in [1.82, 2.24) is 5.32 Å². The number of rotatable bonds is 11. The monoisotopic (exact) mass is 399 g/mol. The third-order valence-electron chi connectivity index (χ3n) is 3.81. The van der Waals surface area contributed by atoms with Gasteiger partial charge in [0.2, 0.25) is 12.0 Å². The standard InChI is InChI=1S/C18H25NO7S/c1-4-6-7-14(21)19-11(9-15(22)25-3)18(24)26-17-12(20)10-13(16(17)23)27-8-5-2/h4,11,13,17H,1,5-10H2,2-3H3,(H,19,21). The molecule has 1 aliphatic carbocycles. The molecule has 0 radical (unpaired) electrons. The maximum atomic E-state index is 12.4. The van der Waals surface area contributed by atoms with E-state index in [1.54, 1.807) is 0 Å². The van der Waals surface area contributed by atoms with Crippen molar-refractivity contribution in [3.8, 4) is 0 Å². The van der Waals surface area contributed by atoms with Crippen LogP contribution >= 0.6 is 11.8 Å². The normalized spacial score (nSPS) is 20.1. The summed E-state index contributed by atoms with van der Waals surface area (Å²) in [5.41, 5.74) is 0. The molecule has 0 aromatic rings. The van der Waals surface area contributed by atoms with Crippen molar-refractivity contribution in [2.75, 3.05) is 12.9 Å². The van der Waals surface area contributed by atoms with Gasteiger partial charge in [-0.25, -0.2) is 4.79 Å². The number of hydrogen-bond acceptors (Lipinski definition) is 8. The first-order chi connectivity index (χ1) is 12.8. The first kappa shape index (κ1) is 22.9. The topological polar surface area (TPSA) is 116 Å². The number of ketones is 2. The van der Waals surface area contributed by atoms with Gasteiger partial charge in [-0.3, -0.25) is 19.2 Å². The Morgan fingerprint density at radius 3 is 2.67 bits per heavy atom. The van der Waals surface area contributed by atoms with Gasteiger partial charge >= 0.3 is 11.9 Å². The Labute approximate surface area is 162 Å². The van der Waals surface area contributed by atoms with Crippen molar-refractivity contribution >= 4 is 41.2 Å². The summed E-state index contributed by atoms with van der Waals surface area (Å²) < 4.78 is 9.58. The fourth-order valence-electron chi connectivity index (χ4n) is 2.38. The molecule has 0 heterocycles. The molecule has 0 spiro atoms. The first-order valence-electron chi connectivity index (χ1n) is 8.69. The second-order valence-electron chi connectivity index (χ2n) is 5.98. The highest BCUT2D eigenvalue weighted by Gasteiger charge is 2.45. The lowest BCUT2D eigenvalue weighted by Crippen LogP contribution is -2.45. The quantitative estimate of drug-likeness (QED) is 0.310. The van der Waals surface area contributed by atoms with Crippen LogP contribution in [0.15, 0.2) is 12.7 Å². The van der Waals surface area contributed by atoms with E-state index in [9.17, 15) is 24.0 Å². The van der Waals surface area contributed by atoms with Crippen molar-refractivity contribution in [3.05, 3.63) is 12.7 Å². The lowest BCUT2D eigenvalue weighted by Gasteiger charge is -2.18. The highest BCUT2D eigenvalue weighted by molar-refractivity contribution is 8.00. The van der Waals surface area contributed by atoms with Gasteiger partial charge in [-0.15, -0.1) is 6.58 Å². The molecule has 3 unspecified atom stereocenters. The van der Waals surface area contributed by atoms with Gasteiger partial charge in [0, 0.05) is 12.8 Å². The number of carbonyl (C=O) groups is 5. The van der Waals surface area contributed by atoms with Gasteiger partial charge in [0.25, 0.3) is 0 Å². The second-order valence-corrected chi connectivity index (χ2v) is 7.29. The van der Waals surface area contributed by atoms with Crippen molar-refractivity contribution < 1.29 is 33.4 Å². The fourth-order valence-corrected chi connectivity index (χ4v) is 3.47. The van der Waals surface area contributed by atoms with Gasteiger partial charge in [-0.2, -0.15) is 11.8 Å². The molecule has 27 heavy (non-hydrogen) atoms. The second kappa shape index (κ2) is 11.5. The highest BCUT2D eigenvalue weighted by atomic mass is 32.2. The summed E-state index contributed by atoms with van der Waals surface area (Å²) in [5, 5.41) is 1.85. The molecule has 0 aliphatic heterocycles. The van der Waals surface area contributed by atoms with Crippen LogP contribution in [0, 0.1) is 0 Å². The number of esters is 2. The predicted octanol–water partition coefficient (Wildman–Crippen LogP) is 0.966. The molecule has 0 bridgehead atoms. The largest absolute Gasteiger partial charge is 0.469 e. The molecule has 9 heteroatoms. The SMILES string of the molecule is C=CCCC(=O)NC(CC(=O)OC)C(=O)OC1C(=O)CC(SCCC)C1=O. The summed E-state index contributed by atoms with van der Waals surface area (Å²) in [6, 6.07) is -1.34. The van der Waals surface area contributed by atoms with Crippen LogP contribution < -0.4 is 5.32 Å². The maximum absolute atomic E-state index is 12.4. The van der Waals surface area contributed by atoms with Gasteiger partial charge in [-0.1, -0.05) is 13.0 Å². The molecule has 0 aromatic heterocycles. The van der Waals surface area contributed by atoms with E-state index in [0.29, 0.717) is 12.2 Å². The molecule has 1 rings (SSSR count). The molecule has 1 aliphatic rings. The van der Waals surface area contributed by atoms with Gasteiger partial charge in [0.15, 0.2) is 11.6 Å². The minimum Gasteiger partial charge on any atom is -0.469 e. The Morgan fingerprint density at radius 1 is 1.37 bits per heavy atom. The van der Waals surface area contributed by atoms with Gasteiger partial charge in [0.1, 0.15) is 6.04 Å². The lowest BCUT2D eigenvalue weighted by atomic mass is 10.2. The number of hydrogen-bond donors (Lipinski definition) is 1. The Morgan fingerprint density at radius 2 is 2.07 bits per heavy atom. The Hall–Kier alpha value is -2.16. The van der Waals surface area contributed by atoms with Crippen molar-refractivity contribution in [2.45, 2.75) is 56.4 Å². The van der Waals surface area contributed by atoms with Crippen molar-refractivity contribution in [2.24, 2.45) is 0 Å². The lowest BCUT2D eigenvalue weighted by molar-refractivity contribution is -0.161. The predicted molar refractivity (Wildman–Crippen MR) is 99.0 cm³/mol. The molecule has 1 N–H and O–H groups in total. The number of carbonyl (C=O) groups excluding carboxylic acids is 5. The summed E-state index contributed by atoms with van der Waals surface area (Å²) >= 11 is 1.35. The Bertz CT molecular complexity index is 605. The maximum Gasteiger partial charge on any atom is 0.330 e. The molecule has 150 valence electrons. The Balaban J connectivity index is 2.77. The molecule has 1 amide bonds. The summed E-state index contributed by atoms with van der Waals surface area (Å²) in [6.07, 6.45) is 0.916. The average Bonchev–Trinajstić information content (AvgIpc) is 2.91. The fraction of sp³-hybridized carbons (Fsp3) is 0.611. The molecule has 1 saturated carbocycles. The zero-order valence-electron chi connectivity index (χ0n) is 15.5. The molecular weight excluding hydrogens is 374 g/mol. The van der Waals surface area contributed by atoms with Crippen LogP contribution in [0.4, 0.5) is 0 Å². The summed E-state index contributed by atoms with van der Waals surface area (Å²) in [7, 11) is 1.14. The third kappa shape index (κ3) is 7.16. The van der Waals surface area contributed by atoms with Crippen LogP contribution in [0.3, 0.4) is 0 Å². The van der Waals surface area contributed by atoms with Crippen molar-refractivity contribution in [3.63, 3.8) is 0 Å². The molecular formula is C18H25NO7S. The number of ether oxygens (including phenoxy) is 2. The van der Waals surface area contributed by atoms with E-state index >= 15 is 0 Å². The average molecular weight is 399 g/mol. The number of amides is 1. The zero-order valence-corrected chi connectivity index (χ0v) is 16.3. The number of nitrogens with one attached hydrogen (secondary N) is 1. The van der Waals surface area contributed by atoms with E-state index in [2.05, 4.69) is 16.6 Å². The van der Waals surface area contributed by atoms with Crippen LogP contribution in [0.5, 0.6) is 0 Å². The number of allylic oxidation sites excluding steroid dienone is 1. The summed E-state index contributed by atoms with van der Waals surface area (Å²) in [4.78, 5) is 60.2. The van der Waals surface area contributed by atoms with E-state index in [4.69, 9.17) is 4.74 Å². The minimum atomic E-state index is -1.49.